The van der Waals surface area contributed by atoms with Gasteiger partial charge in [0, 0.05) is 12.1 Å². The molecule has 0 unspecified atom stereocenters. The van der Waals surface area contributed by atoms with Gasteiger partial charge >= 0.3 is 0 Å². The third kappa shape index (κ3) is 9.78. The van der Waals surface area contributed by atoms with Crippen LogP contribution in [0.3, 0.4) is 0 Å². The molecule has 0 radical (unpaired) electrons. The van der Waals surface area contributed by atoms with E-state index in [4.69, 9.17) is 0 Å². The van der Waals surface area contributed by atoms with Crippen LogP contribution in [0.4, 0.5) is 0 Å². The number of hydrogen-bond acceptors (Lipinski definition) is 4. The molecule has 2 saturated carbocycles. The summed E-state index contributed by atoms with van der Waals surface area (Å²) in [6, 6.07) is 0.833. The van der Waals surface area contributed by atoms with Crippen LogP contribution < -0.4 is 10.6 Å². The molecule has 0 aliphatic heterocycles. The van der Waals surface area contributed by atoms with Crippen molar-refractivity contribution in [2.24, 2.45) is 0 Å². The van der Waals surface area contributed by atoms with E-state index in [1.165, 1.54) is 38.5 Å². The minimum absolute atomic E-state index is 0.191. The molecule has 2 aliphatic rings. The normalized spacial score (nSPS) is 19.5. The Morgan fingerprint density at radius 3 is 1.48 bits per heavy atom. The monoisotopic (exact) mass is 386 g/mol. The fraction of sp³-hybridized carbons (Fsp3) is 0.895. The number of hydrogen-bond donors (Lipinski definition) is 2. The molecule has 2 amide bonds. The molecule has 0 aromatic carbocycles. The lowest BCUT2D eigenvalue weighted by molar-refractivity contribution is -0.120. The minimum atomic E-state index is 0.191. The van der Waals surface area contributed by atoms with Crippen LogP contribution >= 0.6 is 23.5 Å². The van der Waals surface area contributed by atoms with Gasteiger partial charge < -0.3 is 10.6 Å². The average Bonchev–Trinajstić information content (AvgIpc) is 2.62. The Labute approximate surface area is 161 Å². The zero-order valence-corrected chi connectivity index (χ0v) is 17.0. The van der Waals surface area contributed by atoms with Gasteiger partial charge in [0.15, 0.2) is 0 Å². The van der Waals surface area contributed by atoms with Gasteiger partial charge in [-0.05, 0) is 43.6 Å². The largest absolute Gasteiger partial charge is 0.353 e. The Bertz CT molecular complexity index is 359. The number of thioether (sulfide) groups is 2. The van der Waals surface area contributed by atoms with Gasteiger partial charge in [-0.1, -0.05) is 38.5 Å². The summed E-state index contributed by atoms with van der Waals surface area (Å²) in [5, 5.41) is 6.31. The molecular weight excluding hydrogens is 352 g/mol. The standard InChI is InChI=1S/C19H34N2O2S2/c22-18(20-16-8-3-1-4-9-16)14-24-12-7-13-25-15-19(23)21-17-10-5-2-6-11-17/h16-17H,1-15H2,(H,20,22)(H,21,23). The van der Waals surface area contributed by atoms with E-state index in [-0.39, 0.29) is 11.8 Å². The highest BCUT2D eigenvalue weighted by Crippen LogP contribution is 2.18. The predicted molar refractivity (Wildman–Crippen MR) is 109 cm³/mol. The Morgan fingerprint density at radius 2 is 1.08 bits per heavy atom. The molecule has 0 atom stereocenters. The Kier molecular flexibility index (Phi) is 10.8. The molecule has 0 bridgehead atoms. The van der Waals surface area contributed by atoms with Crippen LogP contribution in [0, 0.1) is 0 Å². The van der Waals surface area contributed by atoms with E-state index >= 15 is 0 Å². The Balaban J connectivity index is 1.38. The zero-order valence-electron chi connectivity index (χ0n) is 15.4. The summed E-state index contributed by atoms with van der Waals surface area (Å²) < 4.78 is 0. The molecule has 0 heterocycles. The summed E-state index contributed by atoms with van der Waals surface area (Å²) in [5.74, 6) is 3.52. The van der Waals surface area contributed by atoms with Crippen LogP contribution in [0.5, 0.6) is 0 Å². The molecule has 144 valence electrons. The van der Waals surface area contributed by atoms with Gasteiger partial charge in [0.05, 0.1) is 11.5 Å². The smallest absolute Gasteiger partial charge is 0.230 e. The van der Waals surface area contributed by atoms with Crippen molar-refractivity contribution in [3.05, 3.63) is 0 Å². The third-order valence-corrected chi connectivity index (χ3v) is 7.07. The van der Waals surface area contributed by atoms with E-state index in [1.54, 1.807) is 23.5 Å². The average molecular weight is 387 g/mol. The molecule has 0 saturated heterocycles. The number of carbonyl (C=O) groups excluding carboxylic acids is 2. The fourth-order valence-electron chi connectivity index (χ4n) is 3.63. The van der Waals surface area contributed by atoms with Crippen molar-refractivity contribution in [3.8, 4) is 0 Å². The second kappa shape index (κ2) is 12.9. The van der Waals surface area contributed by atoms with E-state index in [2.05, 4.69) is 10.6 Å². The maximum Gasteiger partial charge on any atom is 0.230 e. The first-order chi connectivity index (χ1) is 12.2. The highest BCUT2D eigenvalue weighted by molar-refractivity contribution is 8.00. The number of carbonyl (C=O) groups is 2. The highest BCUT2D eigenvalue weighted by Gasteiger charge is 2.16. The minimum Gasteiger partial charge on any atom is -0.353 e. The van der Waals surface area contributed by atoms with E-state index < -0.39 is 0 Å². The summed E-state index contributed by atoms with van der Waals surface area (Å²) in [4.78, 5) is 23.8. The van der Waals surface area contributed by atoms with Crippen LogP contribution in [0.25, 0.3) is 0 Å². The van der Waals surface area contributed by atoms with Gasteiger partial charge in [0.1, 0.15) is 0 Å². The number of amides is 2. The molecule has 0 spiro atoms. The molecule has 0 aromatic heterocycles. The maximum absolute atomic E-state index is 11.9. The summed E-state index contributed by atoms with van der Waals surface area (Å²) in [5.41, 5.74) is 0. The number of nitrogens with one attached hydrogen (secondary N) is 2. The lowest BCUT2D eigenvalue weighted by Crippen LogP contribution is -2.37. The van der Waals surface area contributed by atoms with Crippen molar-refractivity contribution >= 4 is 35.3 Å². The molecule has 6 heteroatoms. The van der Waals surface area contributed by atoms with Crippen molar-refractivity contribution in [1.82, 2.24) is 10.6 Å². The second-order valence-corrected chi connectivity index (χ2v) is 9.47. The predicted octanol–water partition coefficient (Wildman–Crippen LogP) is 3.74. The van der Waals surface area contributed by atoms with Crippen molar-refractivity contribution in [2.75, 3.05) is 23.0 Å². The second-order valence-electron chi connectivity index (χ2n) is 7.26. The van der Waals surface area contributed by atoms with Gasteiger partial charge in [-0.25, -0.2) is 0 Å². The zero-order chi connectivity index (χ0) is 17.7. The van der Waals surface area contributed by atoms with Gasteiger partial charge in [-0.15, -0.1) is 0 Å². The molecule has 2 aliphatic carbocycles. The summed E-state index contributed by atoms with van der Waals surface area (Å²) in [7, 11) is 0. The number of rotatable bonds is 10. The van der Waals surface area contributed by atoms with Gasteiger partial charge in [0.25, 0.3) is 0 Å². The molecule has 25 heavy (non-hydrogen) atoms. The molecule has 2 N–H and O–H groups in total. The molecule has 4 nitrogen and oxygen atoms in total. The van der Waals surface area contributed by atoms with Crippen LogP contribution in [0.15, 0.2) is 0 Å². The van der Waals surface area contributed by atoms with E-state index in [1.807, 2.05) is 0 Å². The van der Waals surface area contributed by atoms with Crippen molar-refractivity contribution in [2.45, 2.75) is 82.7 Å². The van der Waals surface area contributed by atoms with Gasteiger partial charge in [0.2, 0.25) is 11.8 Å². The van der Waals surface area contributed by atoms with E-state index in [9.17, 15) is 9.59 Å². The molecule has 2 rings (SSSR count). The van der Waals surface area contributed by atoms with Crippen LogP contribution in [-0.4, -0.2) is 46.9 Å². The van der Waals surface area contributed by atoms with E-state index in [0.29, 0.717) is 23.6 Å². The molecule has 0 aromatic rings. The lowest BCUT2D eigenvalue weighted by atomic mass is 9.95. The third-order valence-electron chi connectivity index (χ3n) is 4.98. The molecular formula is C19H34N2O2S2. The fourth-order valence-corrected chi connectivity index (χ4v) is 5.33. The topological polar surface area (TPSA) is 58.2 Å². The quantitative estimate of drug-likeness (QED) is 0.562. The Hall–Kier alpha value is -0.360. The van der Waals surface area contributed by atoms with Crippen molar-refractivity contribution in [3.63, 3.8) is 0 Å². The van der Waals surface area contributed by atoms with Crippen LogP contribution in [-0.2, 0) is 9.59 Å². The van der Waals surface area contributed by atoms with Crippen LogP contribution in [0.2, 0.25) is 0 Å². The first kappa shape index (κ1) is 20.9. The van der Waals surface area contributed by atoms with Gasteiger partial charge in [-0.2, -0.15) is 23.5 Å². The summed E-state index contributed by atoms with van der Waals surface area (Å²) >= 11 is 3.42. The first-order valence-corrected chi connectivity index (χ1v) is 12.3. The summed E-state index contributed by atoms with van der Waals surface area (Å²) in [6.07, 6.45) is 13.3. The summed E-state index contributed by atoms with van der Waals surface area (Å²) in [6.45, 7) is 0. The highest BCUT2D eigenvalue weighted by atomic mass is 32.2. The SMILES string of the molecule is O=C(CSCCCSCC(=O)NC1CCCCC1)NC1CCCCC1. The maximum atomic E-state index is 11.9. The van der Waals surface area contributed by atoms with Crippen LogP contribution in [0.1, 0.15) is 70.6 Å². The van der Waals surface area contributed by atoms with Crippen molar-refractivity contribution < 1.29 is 9.59 Å². The Morgan fingerprint density at radius 1 is 0.680 bits per heavy atom. The van der Waals surface area contributed by atoms with Crippen molar-refractivity contribution in [1.29, 1.82) is 0 Å². The van der Waals surface area contributed by atoms with Gasteiger partial charge in [-0.3, -0.25) is 9.59 Å². The molecule has 2 fully saturated rings. The lowest BCUT2D eigenvalue weighted by Gasteiger charge is -2.22. The first-order valence-electron chi connectivity index (χ1n) is 9.98. The van der Waals surface area contributed by atoms with E-state index in [0.717, 1.165) is 43.6 Å².